The number of pyridine rings is 2. The summed E-state index contributed by atoms with van der Waals surface area (Å²) < 4.78 is 54.2. The maximum Gasteiger partial charge on any atom is 0.229 e. The first-order valence-corrected chi connectivity index (χ1v) is 12.0. The van der Waals surface area contributed by atoms with Crippen LogP contribution < -0.4 is 0 Å². The molecule has 1 aromatic carbocycles. The van der Waals surface area contributed by atoms with Gasteiger partial charge in [-0.25, -0.2) is 21.8 Å². The third kappa shape index (κ3) is 4.03. The lowest BCUT2D eigenvalue weighted by atomic mass is 10.2. The van der Waals surface area contributed by atoms with Gasteiger partial charge in [0, 0.05) is 24.2 Å². The SMILES string of the molecule is CS(=O)(=O)c1ccc(S(=O)(=O)Cc2cc(-c3nc4ncccc4o3)ccn2)cc1. The highest BCUT2D eigenvalue weighted by Gasteiger charge is 2.19. The van der Waals surface area contributed by atoms with E-state index in [4.69, 9.17) is 4.42 Å². The highest BCUT2D eigenvalue weighted by molar-refractivity contribution is 7.91. The predicted molar refractivity (Wildman–Crippen MR) is 105 cm³/mol. The molecule has 0 fully saturated rings. The normalized spacial score (nSPS) is 12.3. The Labute approximate surface area is 167 Å². The zero-order chi connectivity index (χ0) is 20.6. The fourth-order valence-corrected chi connectivity index (χ4v) is 4.65. The smallest absolute Gasteiger partial charge is 0.229 e. The number of aromatic nitrogens is 3. The second-order valence-electron chi connectivity index (χ2n) is 6.38. The van der Waals surface area contributed by atoms with Crippen LogP contribution in [-0.4, -0.2) is 38.0 Å². The van der Waals surface area contributed by atoms with E-state index in [9.17, 15) is 16.8 Å². The largest absolute Gasteiger partial charge is 0.434 e. The molecule has 0 bridgehead atoms. The van der Waals surface area contributed by atoms with E-state index in [2.05, 4.69) is 15.0 Å². The van der Waals surface area contributed by atoms with Gasteiger partial charge in [-0.3, -0.25) is 4.98 Å². The molecule has 0 aliphatic heterocycles. The average Bonchev–Trinajstić information content (AvgIpc) is 3.12. The molecule has 4 rings (SSSR count). The fraction of sp³-hybridized carbons (Fsp3) is 0.105. The van der Waals surface area contributed by atoms with Crippen molar-refractivity contribution in [1.82, 2.24) is 15.0 Å². The lowest BCUT2D eigenvalue weighted by Crippen LogP contribution is -2.07. The van der Waals surface area contributed by atoms with Gasteiger partial charge < -0.3 is 4.42 Å². The first-order valence-electron chi connectivity index (χ1n) is 8.42. The monoisotopic (exact) mass is 429 g/mol. The molecule has 0 atom stereocenters. The van der Waals surface area contributed by atoms with E-state index in [1.54, 1.807) is 30.5 Å². The summed E-state index contributed by atoms with van der Waals surface area (Å²) in [5.41, 5.74) is 1.87. The second-order valence-corrected chi connectivity index (χ2v) is 10.4. The molecule has 0 radical (unpaired) electrons. The number of sulfone groups is 2. The number of hydrogen-bond donors (Lipinski definition) is 0. The van der Waals surface area contributed by atoms with Gasteiger partial charge in [-0.1, -0.05) is 0 Å². The molecule has 0 spiro atoms. The molecule has 0 saturated heterocycles. The van der Waals surface area contributed by atoms with Crippen molar-refractivity contribution in [2.75, 3.05) is 6.26 Å². The summed E-state index contributed by atoms with van der Waals surface area (Å²) in [4.78, 5) is 12.6. The summed E-state index contributed by atoms with van der Waals surface area (Å²) in [5.74, 6) is -0.0328. The van der Waals surface area contributed by atoms with Crippen molar-refractivity contribution in [3.8, 4) is 11.5 Å². The molecular weight excluding hydrogens is 414 g/mol. The van der Waals surface area contributed by atoms with Gasteiger partial charge in [-0.05, 0) is 48.5 Å². The first kappa shape index (κ1) is 19.2. The summed E-state index contributed by atoms with van der Waals surface area (Å²) in [5, 5.41) is 0. The van der Waals surface area contributed by atoms with Crippen molar-refractivity contribution < 1.29 is 21.3 Å². The Morgan fingerprint density at radius 1 is 0.897 bits per heavy atom. The molecule has 148 valence electrons. The molecule has 29 heavy (non-hydrogen) atoms. The van der Waals surface area contributed by atoms with E-state index in [1.165, 1.54) is 30.5 Å². The standard InChI is InChI=1S/C19H15N3O5S2/c1-28(23,24)15-4-6-16(7-5-15)29(25,26)12-14-11-13(8-10-20-14)19-22-18-17(27-19)3-2-9-21-18/h2-11H,12H2,1H3. The third-order valence-corrected chi connectivity index (χ3v) is 6.97. The van der Waals surface area contributed by atoms with Crippen LogP contribution in [-0.2, 0) is 25.4 Å². The lowest BCUT2D eigenvalue weighted by Gasteiger charge is -2.06. The zero-order valence-electron chi connectivity index (χ0n) is 15.2. The van der Waals surface area contributed by atoms with Crippen molar-refractivity contribution >= 4 is 30.9 Å². The topological polar surface area (TPSA) is 120 Å². The molecule has 3 heterocycles. The number of oxazole rings is 1. The minimum Gasteiger partial charge on any atom is -0.434 e. The zero-order valence-corrected chi connectivity index (χ0v) is 16.8. The first-order chi connectivity index (χ1) is 13.7. The van der Waals surface area contributed by atoms with Gasteiger partial charge in [0.05, 0.1) is 21.2 Å². The van der Waals surface area contributed by atoms with Crippen molar-refractivity contribution in [1.29, 1.82) is 0 Å². The Bertz CT molecular complexity index is 1380. The van der Waals surface area contributed by atoms with Crippen LogP contribution in [0.1, 0.15) is 5.69 Å². The van der Waals surface area contributed by atoms with Gasteiger partial charge in [0.1, 0.15) is 0 Å². The van der Waals surface area contributed by atoms with Gasteiger partial charge in [0.25, 0.3) is 0 Å². The highest BCUT2D eigenvalue weighted by atomic mass is 32.2. The van der Waals surface area contributed by atoms with E-state index in [-0.39, 0.29) is 15.5 Å². The van der Waals surface area contributed by atoms with E-state index in [0.717, 1.165) is 6.26 Å². The Hall–Kier alpha value is -3.11. The molecule has 0 unspecified atom stereocenters. The van der Waals surface area contributed by atoms with Crippen LogP contribution in [0.4, 0.5) is 0 Å². The summed E-state index contributed by atoms with van der Waals surface area (Å²) in [6, 6.07) is 11.8. The molecule has 0 aliphatic carbocycles. The summed E-state index contributed by atoms with van der Waals surface area (Å²) in [6.45, 7) is 0. The molecule has 0 saturated carbocycles. The van der Waals surface area contributed by atoms with Crippen LogP contribution in [0.5, 0.6) is 0 Å². The minimum atomic E-state index is -3.72. The van der Waals surface area contributed by atoms with Gasteiger partial charge >= 0.3 is 0 Å². The molecular formula is C19H15N3O5S2. The van der Waals surface area contributed by atoms with Gasteiger partial charge in [0.2, 0.25) is 5.89 Å². The highest BCUT2D eigenvalue weighted by Crippen LogP contribution is 2.24. The van der Waals surface area contributed by atoms with E-state index in [0.29, 0.717) is 28.4 Å². The Morgan fingerprint density at radius 3 is 2.31 bits per heavy atom. The van der Waals surface area contributed by atoms with E-state index in [1.807, 2.05) is 0 Å². The Balaban J connectivity index is 1.63. The van der Waals surface area contributed by atoms with Crippen LogP contribution >= 0.6 is 0 Å². The Morgan fingerprint density at radius 2 is 1.62 bits per heavy atom. The number of benzene rings is 1. The second kappa shape index (κ2) is 7.05. The van der Waals surface area contributed by atoms with Crippen molar-refractivity contribution in [2.45, 2.75) is 15.5 Å². The fourth-order valence-electron chi connectivity index (χ4n) is 2.75. The number of fused-ring (bicyclic) bond motifs is 1. The average molecular weight is 429 g/mol. The maximum absolute atomic E-state index is 12.7. The summed E-state index contributed by atoms with van der Waals surface area (Å²) in [6.07, 6.45) is 4.15. The van der Waals surface area contributed by atoms with Crippen LogP contribution in [0.3, 0.4) is 0 Å². The van der Waals surface area contributed by atoms with Gasteiger partial charge in [0.15, 0.2) is 30.9 Å². The Kier molecular flexibility index (Phi) is 4.67. The van der Waals surface area contributed by atoms with Crippen molar-refractivity contribution in [2.24, 2.45) is 0 Å². The molecule has 0 N–H and O–H groups in total. The molecule has 4 aromatic rings. The van der Waals surface area contributed by atoms with Crippen molar-refractivity contribution in [3.63, 3.8) is 0 Å². The quantitative estimate of drug-likeness (QED) is 0.475. The molecule has 0 aliphatic rings. The van der Waals surface area contributed by atoms with Crippen LogP contribution in [0.15, 0.2) is 75.1 Å². The summed E-state index contributed by atoms with van der Waals surface area (Å²) >= 11 is 0. The van der Waals surface area contributed by atoms with Gasteiger partial charge in [-0.15, -0.1) is 0 Å². The molecule has 8 nitrogen and oxygen atoms in total. The summed E-state index contributed by atoms with van der Waals surface area (Å²) in [7, 11) is -7.12. The third-order valence-electron chi connectivity index (χ3n) is 4.18. The maximum atomic E-state index is 12.7. The number of rotatable bonds is 5. The molecule has 10 heteroatoms. The number of hydrogen-bond acceptors (Lipinski definition) is 8. The van der Waals surface area contributed by atoms with E-state index >= 15 is 0 Å². The minimum absolute atomic E-state index is 0.0168. The lowest BCUT2D eigenvalue weighted by molar-refractivity contribution is 0.593. The van der Waals surface area contributed by atoms with Crippen LogP contribution in [0, 0.1) is 0 Å². The molecule has 0 amide bonds. The van der Waals surface area contributed by atoms with Crippen LogP contribution in [0.2, 0.25) is 0 Å². The van der Waals surface area contributed by atoms with Gasteiger partial charge in [-0.2, -0.15) is 4.98 Å². The molecule has 3 aromatic heterocycles. The van der Waals surface area contributed by atoms with E-state index < -0.39 is 19.7 Å². The predicted octanol–water partition coefficient (Wildman–Crippen LogP) is 2.66. The number of nitrogens with zero attached hydrogens (tertiary/aromatic N) is 3. The van der Waals surface area contributed by atoms with Crippen LogP contribution in [0.25, 0.3) is 22.7 Å². The van der Waals surface area contributed by atoms with Crippen molar-refractivity contribution in [3.05, 3.63) is 66.6 Å².